The van der Waals surface area contributed by atoms with Crippen molar-refractivity contribution in [3.63, 3.8) is 0 Å². The molecule has 0 aliphatic rings. The fourth-order valence-electron chi connectivity index (χ4n) is 2.04. The van der Waals surface area contributed by atoms with E-state index >= 15 is 0 Å². The van der Waals surface area contributed by atoms with Crippen molar-refractivity contribution in [3.05, 3.63) is 72.3 Å². The second kappa shape index (κ2) is 6.25. The van der Waals surface area contributed by atoms with Gasteiger partial charge in [-0.2, -0.15) is 5.10 Å². The Bertz CT molecular complexity index is 964. The third kappa shape index (κ3) is 3.33. The number of nitrogens with one attached hydrogen (secondary N) is 1. The van der Waals surface area contributed by atoms with Gasteiger partial charge in [-0.1, -0.05) is 17.7 Å². The first kappa shape index (κ1) is 15.9. The van der Waals surface area contributed by atoms with Gasteiger partial charge in [-0.05, 0) is 37.3 Å². The zero-order chi connectivity index (χ0) is 17.2. The van der Waals surface area contributed by atoms with Crippen molar-refractivity contribution in [2.45, 2.75) is 11.8 Å². The summed E-state index contributed by atoms with van der Waals surface area (Å²) in [5, 5.41) is 4.08. The number of aryl methyl sites for hydroxylation is 1. The number of carbonyl (C=O) groups is 1. The van der Waals surface area contributed by atoms with Gasteiger partial charge >= 0.3 is 0 Å². The number of hydrogen-bond acceptors (Lipinski definition) is 5. The second-order valence-corrected chi connectivity index (χ2v) is 6.78. The molecule has 1 aromatic carbocycles. The summed E-state index contributed by atoms with van der Waals surface area (Å²) in [7, 11) is -3.94. The Morgan fingerprint density at radius 1 is 1.04 bits per heavy atom. The summed E-state index contributed by atoms with van der Waals surface area (Å²) in [4.78, 5) is 16.1. The number of amides is 1. The minimum atomic E-state index is -3.94. The largest absolute Gasteiger partial charge is 0.285 e. The van der Waals surface area contributed by atoms with Crippen LogP contribution in [0.5, 0.6) is 0 Å². The van der Waals surface area contributed by atoms with Crippen molar-refractivity contribution in [2.24, 2.45) is 0 Å². The van der Waals surface area contributed by atoms with Gasteiger partial charge in [0.05, 0.1) is 10.6 Å². The zero-order valence-corrected chi connectivity index (χ0v) is 13.6. The molecule has 0 aliphatic heterocycles. The fraction of sp³-hybridized carbons (Fsp3) is 0.0625. The number of carbonyl (C=O) groups excluding carboxylic acids is 1. The number of aromatic nitrogens is 3. The molecule has 0 aliphatic carbocycles. The van der Waals surface area contributed by atoms with E-state index in [0.29, 0.717) is 5.69 Å². The van der Waals surface area contributed by atoms with E-state index in [4.69, 9.17) is 0 Å². The highest BCUT2D eigenvalue weighted by atomic mass is 32.2. The Morgan fingerprint density at radius 2 is 1.71 bits per heavy atom. The highest BCUT2D eigenvalue weighted by molar-refractivity contribution is 7.90. The smallest absolute Gasteiger partial charge is 0.266 e. The molecule has 1 N–H and O–H groups in total. The van der Waals surface area contributed by atoms with Crippen LogP contribution in [0.25, 0.3) is 5.69 Å². The molecule has 0 saturated carbocycles. The van der Waals surface area contributed by atoms with E-state index in [1.807, 2.05) is 11.6 Å². The Hall–Kier alpha value is -3.00. The first-order chi connectivity index (χ1) is 11.5. The van der Waals surface area contributed by atoms with Crippen LogP contribution in [0.2, 0.25) is 0 Å². The third-order valence-corrected chi connectivity index (χ3v) is 4.65. The maximum absolute atomic E-state index is 12.2. The standard InChI is InChI=1S/C16H14N4O3S/c1-12-2-4-14(5-3-12)24(22,23)19-16(21)15-8-11-20(18-15)13-6-9-17-10-7-13/h2-11H,1H3,(H,19,21). The van der Waals surface area contributed by atoms with E-state index in [1.54, 1.807) is 42.9 Å². The van der Waals surface area contributed by atoms with Gasteiger partial charge < -0.3 is 0 Å². The van der Waals surface area contributed by atoms with Crippen LogP contribution >= 0.6 is 0 Å². The Balaban J connectivity index is 1.80. The fourth-order valence-corrected chi connectivity index (χ4v) is 3.00. The number of sulfonamides is 1. The van der Waals surface area contributed by atoms with Gasteiger partial charge in [-0.15, -0.1) is 0 Å². The quantitative estimate of drug-likeness (QED) is 0.779. The number of pyridine rings is 1. The molecule has 3 rings (SSSR count). The predicted molar refractivity (Wildman–Crippen MR) is 87.2 cm³/mol. The average Bonchev–Trinajstić information content (AvgIpc) is 3.06. The Kier molecular flexibility index (Phi) is 4.13. The highest BCUT2D eigenvalue weighted by Gasteiger charge is 2.20. The average molecular weight is 342 g/mol. The van der Waals surface area contributed by atoms with E-state index in [1.165, 1.54) is 22.9 Å². The van der Waals surface area contributed by atoms with Crippen molar-refractivity contribution < 1.29 is 13.2 Å². The summed E-state index contributed by atoms with van der Waals surface area (Å²) in [5.41, 5.74) is 1.64. The summed E-state index contributed by atoms with van der Waals surface area (Å²) in [5.74, 6) is -0.789. The monoisotopic (exact) mass is 342 g/mol. The van der Waals surface area contributed by atoms with Crippen LogP contribution < -0.4 is 4.72 Å². The van der Waals surface area contributed by atoms with Crippen LogP contribution in [-0.4, -0.2) is 29.1 Å². The molecule has 0 atom stereocenters. The van der Waals surface area contributed by atoms with Gasteiger partial charge in [0.1, 0.15) is 0 Å². The summed E-state index contributed by atoms with van der Waals surface area (Å²) in [6.07, 6.45) is 4.76. The SMILES string of the molecule is Cc1ccc(S(=O)(=O)NC(=O)c2ccn(-c3ccncc3)n2)cc1. The Morgan fingerprint density at radius 3 is 2.38 bits per heavy atom. The maximum atomic E-state index is 12.2. The van der Waals surface area contributed by atoms with Crippen LogP contribution in [0.4, 0.5) is 0 Å². The summed E-state index contributed by atoms with van der Waals surface area (Å²) in [6, 6.07) is 11.1. The second-order valence-electron chi connectivity index (χ2n) is 5.10. The van der Waals surface area contributed by atoms with E-state index in [0.717, 1.165) is 5.56 Å². The number of hydrogen-bond donors (Lipinski definition) is 1. The Labute approximate surface area is 139 Å². The first-order valence-corrected chi connectivity index (χ1v) is 8.54. The third-order valence-electron chi connectivity index (χ3n) is 3.31. The predicted octanol–water partition coefficient (Wildman–Crippen LogP) is 1.69. The molecule has 2 heterocycles. The molecule has 0 spiro atoms. The minimum absolute atomic E-state index is 0.00231. The molecule has 0 saturated heterocycles. The summed E-state index contributed by atoms with van der Waals surface area (Å²) in [6.45, 7) is 1.85. The van der Waals surface area contributed by atoms with E-state index in [9.17, 15) is 13.2 Å². The molecule has 0 bridgehead atoms. The zero-order valence-electron chi connectivity index (χ0n) is 12.7. The van der Waals surface area contributed by atoms with Crippen LogP contribution in [0.1, 0.15) is 16.1 Å². The molecule has 0 unspecified atom stereocenters. The van der Waals surface area contributed by atoms with E-state index < -0.39 is 15.9 Å². The molecule has 24 heavy (non-hydrogen) atoms. The minimum Gasteiger partial charge on any atom is -0.266 e. The molecule has 3 aromatic rings. The van der Waals surface area contributed by atoms with Crippen molar-refractivity contribution in [2.75, 3.05) is 0 Å². The summed E-state index contributed by atoms with van der Waals surface area (Å²) >= 11 is 0. The lowest BCUT2D eigenvalue weighted by atomic mass is 10.2. The number of benzene rings is 1. The van der Waals surface area contributed by atoms with Gasteiger partial charge in [0.25, 0.3) is 15.9 Å². The number of rotatable bonds is 4. The molecular weight excluding hydrogens is 328 g/mol. The lowest BCUT2D eigenvalue weighted by Gasteiger charge is -2.06. The molecular formula is C16H14N4O3S. The van der Waals surface area contributed by atoms with E-state index in [-0.39, 0.29) is 10.6 Å². The summed E-state index contributed by atoms with van der Waals surface area (Å²) < 4.78 is 27.9. The molecule has 0 fully saturated rings. The van der Waals surface area contributed by atoms with Gasteiger partial charge in [-0.3, -0.25) is 9.78 Å². The molecule has 0 radical (unpaired) electrons. The molecule has 122 valence electrons. The van der Waals surface area contributed by atoms with E-state index in [2.05, 4.69) is 10.1 Å². The van der Waals surface area contributed by atoms with Crippen molar-refractivity contribution in [3.8, 4) is 5.69 Å². The van der Waals surface area contributed by atoms with Crippen molar-refractivity contribution in [1.29, 1.82) is 0 Å². The van der Waals surface area contributed by atoms with Gasteiger partial charge in [0, 0.05) is 18.6 Å². The van der Waals surface area contributed by atoms with Crippen molar-refractivity contribution >= 4 is 15.9 Å². The van der Waals surface area contributed by atoms with Gasteiger partial charge in [0.2, 0.25) is 0 Å². The lowest BCUT2D eigenvalue weighted by Crippen LogP contribution is -2.31. The normalized spacial score (nSPS) is 11.2. The lowest BCUT2D eigenvalue weighted by molar-refractivity contribution is 0.0976. The molecule has 7 nitrogen and oxygen atoms in total. The maximum Gasteiger partial charge on any atom is 0.285 e. The van der Waals surface area contributed by atoms with Crippen LogP contribution in [-0.2, 0) is 10.0 Å². The van der Waals surface area contributed by atoms with Crippen LogP contribution in [0.15, 0.2) is 66.0 Å². The molecule has 8 heteroatoms. The molecule has 1 amide bonds. The topological polar surface area (TPSA) is 94.0 Å². The highest BCUT2D eigenvalue weighted by Crippen LogP contribution is 2.11. The van der Waals surface area contributed by atoms with Crippen LogP contribution in [0.3, 0.4) is 0 Å². The first-order valence-electron chi connectivity index (χ1n) is 7.05. The van der Waals surface area contributed by atoms with Gasteiger partial charge in [0.15, 0.2) is 5.69 Å². The van der Waals surface area contributed by atoms with Crippen molar-refractivity contribution in [1.82, 2.24) is 19.5 Å². The van der Waals surface area contributed by atoms with Gasteiger partial charge in [-0.25, -0.2) is 17.8 Å². The van der Waals surface area contributed by atoms with Crippen LogP contribution in [0, 0.1) is 6.92 Å². The molecule has 2 aromatic heterocycles. The number of nitrogens with zero attached hydrogens (tertiary/aromatic N) is 3.